The van der Waals surface area contributed by atoms with E-state index in [0.717, 1.165) is 11.3 Å². The predicted octanol–water partition coefficient (Wildman–Crippen LogP) is 1.77. The number of amides is 1. The van der Waals surface area contributed by atoms with Crippen molar-refractivity contribution < 1.29 is 13.2 Å². The molecular formula is C18H23N3O3S. The number of rotatable bonds is 4. The van der Waals surface area contributed by atoms with E-state index < -0.39 is 9.84 Å². The second kappa shape index (κ2) is 6.63. The zero-order chi connectivity index (χ0) is 18.2. The first-order chi connectivity index (χ1) is 11.7. The number of aryl methyl sites for hydroxylation is 2. The van der Waals surface area contributed by atoms with Crippen molar-refractivity contribution in [2.75, 3.05) is 11.5 Å². The van der Waals surface area contributed by atoms with Gasteiger partial charge >= 0.3 is 0 Å². The van der Waals surface area contributed by atoms with Gasteiger partial charge in [0.25, 0.3) is 5.91 Å². The number of carbonyl (C=O) groups is 1. The molecule has 1 saturated heterocycles. The number of nitrogens with zero attached hydrogens (tertiary/aromatic N) is 2. The molecule has 3 rings (SSSR count). The van der Waals surface area contributed by atoms with E-state index >= 15 is 0 Å². The summed E-state index contributed by atoms with van der Waals surface area (Å²) in [6.07, 6.45) is 0.476. The maximum absolute atomic E-state index is 12.6. The highest BCUT2D eigenvalue weighted by Crippen LogP contribution is 2.17. The minimum Gasteiger partial charge on any atom is -0.348 e. The lowest BCUT2D eigenvalue weighted by atomic mass is 10.1. The molecule has 0 saturated carbocycles. The van der Waals surface area contributed by atoms with Crippen LogP contribution in [0, 0.1) is 20.8 Å². The third-order valence-electron chi connectivity index (χ3n) is 4.63. The first-order valence-corrected chi connectivity index (χ1v) is 10.2. The van der Waals surface area contributed by atoms with Crippen LogP contribution in [0.3, 0.4) is 0 Å². The summed E-state index contributed by atoms with van der Waals surface area (Å²) in [6, 6.07) is 7.89. The van der Waals surface area contributed by atoms with Gasteiger partial charge in [0.15, 0.2) is 9.84 Å². The third-order valence-corrected chi connectivity index (χ3v) is 6.40. The van der Waals surface area contributed by atoms with Gasteiger partial charge in [-0.15, -0.1) is 0 Å². The average molecular weight is 361 g/mol. The van der Waals surface area contributed by atoms with Gasteiger partial charge in [0.2, 0.25) is 0 Å². The Balaban J connectivity index is 1.77. The summed E-state index contributed by atoms with van der Waals surface area (Å²) in [7, 11) is -3.02. The molecule has 1 aromatic heterocycles. The Bertz CT molecular complexity index is 898. The summed E-state index contributed by atoms with van der Waals surface area (Å²) in [5, 5.41) is 7.34. The van der Waals surface area contributed by atoms with Crippen molar-refractivity contribution in [3.05, 3.63) is 52.3 Å². The molecule has 2 aromatic rings. The van der Waals surface area contributed by atoms with Crippen molar-refractivity contribution >= 4 is 15.7 Å². The summed E-state index contributed by atoms with van der Waals surface area (Å²) in [4.78, 5) is 12.6. The molecule has 0 unspecified atom stereocenters. The van der Waals surface area contributed by atoms with Gasteiger partial charge in [-0.2, -0.15) is 5.10 Å². The molecule has 25 heavy (non-hydrogen) atoms. The number of sulfone groups is 1. The monoisotopic (exact) mass is 361 g/mol. The molecule has 2 heterocycles. The molecule has 7 heteroatoms. The van der Waals surface area contributed by atoms with E-state index in [1.165, 1.54) is 5.56 Å². The van der Waals surface area contributed by atoms with E-state index in [9.17, 15) is 13.2 Å². The summed E-state index contributed by atoms with van der Waals surface area (Å²) < 4.78 is 24.9. The highest BCUT2D eigenvalue weighted by molar-refractivity contribution is 7.91. The SMILES string of the molecule is Cc1ccc(Cn2nc(C)c(C(=O)N[C@H]3CCS(=O)(=O)C3)c2C)cc1. The van der Waals surface area contributed by atoms with Gasteiger partial charge in [-0.1, -0.05) is 29.8 Å². The first-order valence-electron chi connectivity index (χ1n) is 8.36. The number of carbonyl (C=O) groups excluding carboxylic acids is 1. The van der Waals surface area contributed by atoms with Crippen LogP contribution in [0.5, 0.6) is 0 Å². The molecule has 0 bridgehead atoms. The average Bonchev–Trinajstić information content (AvgIpc) is 3.00. The van der Waals surface area contributed by atoms with Crippen LogP contribution in [0.4, 0.5) is 0 Å². The molecule has 1 aliphatic heterocycles. The molecule has 134 valence electrons. The molecule has 0 radical (unpaired) electrons. The standard InChI is InChI=1S/C18H23N3O3S/c1-12-4-6-15(7-5-12)10-21-14(3)17(13(2)20-21)18(22)19-16-8-9-25(23,24)11-16/h4-7,16H,8-11H2,1-3H3,(H,19,22)/t16-/m0/s1. The van der Waals surface area contributed by atoms with Crippen LogP contribution in [0.2, 0.25) is 0 Å². The maximum atomic E-state index is 12.6. The molecular weight excluding hydrogens is 338 g/mol. The second-order valence-corrected chi connectivity index (χ2v) is 8.99. The second-order valence-electron chi connectivity index (χ2n) is 6.76. The summed E-state index contributed by atoms with van der Waals surface area (Å²) in [5.41, 5.74) is 4.30. The van der Waals surface area contributed by atoms with Gasteiger partial charge in [-0.3, -0.25) is 9.48 Å². The molecule has 1 aliphatic rings. The van der Waals surface area contributed by atoms with Gasteiger partial charge in [-0.05, 0) is 32.8 Å². The maximum Gasteiger partial charge on any atom is 0.255 e. The summed E-state index contributed by atoms with van der Waals surface area (Å²) in [6.45, 7) is 6.31. The number of hydrogen-bond donors (Lipinski definition) is 1. The Hall–Kier alpha value is -2.15. The lowest BCUT2D eigenvalue weighted by Crippen LogP contribution is -2.36. The van der Waals surface area contributed by atoms with Crippen LogP contribution in [0.15, 0.2) is 24.3 Å². The van der Waals surface area contributed by atoms with Crippen LogP contribution in [-0.2, 0) is 16.4 Å². The molecule has 1 N–H and O–H groups in total. The normalized spacial score (nSPS) is 19.1. The van der Waals surface area contributed by atoms with Gasteiger partial charge < -0.3 is 5.32 Å². The van der Waals surface area contributed by atoms with E-state index in [0.29, 0.717) is 24.2 Å². The number of hydrogen-bond acceptors (Lipinski definition) is 4. The number of nitrogens with one attached hydrogen (secondary N) is 1. The van der Waals surface area contributed by atoms with Crippen molar-refractivity contribution in [3.63, 3.8) is 0 Å². The predicted molar refractivity (Wildman–Crippen MR) is 96.5 cm³/mol. The van der Waals surface area contributed by atoms with E-state index in [1.54, 1.807) is 6.92 Å². The third kappa shape index (κ3) is 3.92. The fraction of sp³-hybridized carbons (Fsp3) is 0.444. The van der Waals surface area contributed by atoms with E-state index in [2.05, 4.69) is 34.7 Å². The van der Waals surface area contributed by atoms with Gasteiger partial charge in [-0.25, -0.2) is 8.42 Å². The lowest BCUT2D eigenvalue weighted by molar-refractivity contribution is 0.0940. The van der Waals surface area contributed by atoms with Gasteiger partial charge in [0.05, 0.1) is 29.3 Å². The quantitative estimate of drug-likeness (QED) is 0.900. The Morgan fingerprint density at radius 3 is 2.52 bits per heavy atom. The van der Waals surface area contributed by atoms with Gasteiger partial charge in [0, 0.05) is 11.7 Å². The Kier molecular flexibility index (Phi) is 4.69. The number of benzene rings is 1. The number of aromatic nitrogens is 2. The van der Waals surface area contributed by atoms with Crippen LogP contribution in [-0.4, -0.2) is 41.7 Å². The Morgan fingerprint density at radius 1 is 1.24 bits per heavy atom. The molecule has 0 aliphatic carbocycles. The molecule has 1 amide bonds. The van der Waals surface area contributed by atoms with Crippen molar-refractivity contribution in [2.45, 2.75) is 39.8 Å². The highest BCUT2D eigenvalue weighted by Gasteiger charge is 2.30. The van der Waals surface area contributed by atoms with Crippen LogP contribution in [0.1, 0.15) is 39.3 Å². The Labute approximate surface area is 148 Å². The topological polar surface area (TPSA) is 81.1 Å². The zero-order valence-corrected chi connectivity index (χ0v) is 15.6. The molecule has 6 nitrogen and oxygen atoms in total. The molecule has 1 atom stereocenters. The molecule has 1 fully saturated rings. The fourth-order valence-electron chi connectivity index (χ4n) is 3.21. The highest BCUT2D eigenvalue weighted by atomic mass is 32.2. The van der Waals surface area contributed by atoms with Crippen LogP contribution >= 0.6 is 0 Å². The molecule has 1 aromatic carbocycles. The van der Waals surface area contributed by atoms with Crippen molar-refractivity contribution in [1.29, 1.82) is 0 Å². The largest absolute Gasteiger partial charge is 0.348 e. The Morgan fingerprint density at radius 2 is 1.92 bits per heavy atom. The summed E-state index contributed by atoms with van der Waals surface area (Å²) in [5.74, 6) is -0.0797. The zero-order valence-electron chi connectivity index (χ0n) is 14.7. The van der Waals surface area contributed by atoms with Gasteiger partial charge in [0.1, 0.15) is 0 Å². The van der Waals surface area contributed by atoms with E-state index in [1.807, 2.05) is 18.5 Å². The molecule has 0 spiro atoms. The van der Waals surface area contributed by atoms with Crippen molar-refractivity contribution in [2.24, 2.45) is 0 Å². The smallest absolute Gasteiger partial charge is 0.255 e. The lowest BCUT2D eigenvalue weighted by Gasteiger charge is -2.11. The van der Waals surface area contributed by atoms with Crippen molar-refractivity contribution in [1.82, 2.24) is 15.1 Å². The fourth-order valence-corrected chi connectivity index (χ4v) is 4.89. The van der Waals surface area contributed by atoms with E-state index in [-0.39, 0.29) is 23.5 Å². The van der Waals surface area contributed by atoms with Crippen LogP contribution in [0.25, 0.3) is 0 Å². The van der Waals surface area contributed by atoms with Crippen LogP contribution < -0.4 is 5.32 Å². The minimum absolute atomic E-state index is 0.0222. The summed E-state index contributed by atoms with van der Waals surface area (Å²) >= 11 is 0. The first kappa shape index (κ1) is 17.7. The van der Waals surface area contributed by atoms with Crippen molar-refractivity contribution in [3.8, 4) is 0 Å². The van der Waals surface area contributed by atoms with E-state index in [4.69, 9.17) is 0 Å². The minimum atomic E-state index is -3.02.